The maximum Gasteiger partial charge on any atom is 0.309 e. The Morgan fingerprint density at radius 3 is 2.68 bits per heavy atom. The average molecular weight is 543 g/mol. The number of hydrogen-bond donors (Lipinski definition) is 1. The zero-order valence-electron chi connectivity index (χ0n) is 21.2. The van der Waals surface area contributed by atoms with Crippen LogP contribution in [0.5, 0.6) is 5.75 Å². The van der Waals surface area contributed by atoms with Gasteiger partial charge in [-0.3, -0.25) is 4.79 Å². The lowest BCUT2D eigenvalue weighted by molar-refractivity contribution is -0.158. The molecule has 1 aromatic carbocycles. The van der Waals surface area contributed by atoms with Crippen LogP contribution in [-0.2, 0) is 4.79 Å². The molecule has 0 unspecified atom stereocenters. The smallest absolute Gasteiger partial charge is 0.309 e. The van der Waals surface area contributed by atoms with Crippen LogP contribution in [0.3, 0.4) is 0 Å². The van der Waals surface area contributed by atoms with Crippen LogP contribution >= 0.6 is 23.2 Å². The predicted molar refractivity (Wildman–Crippen MR) is 143 cm³/mol. The first-order valence-electron chi connectivity index (χ1n) is 12.9. The molecular weight excluding hydrogens is 511 g/mol. The summed E-state index contributed by atoms with van der Waals surface area (Å²) in [5, 5.41) is 20.1. The molecule has 3 fully saturated rings. The third-order valence-corrected chi connectivity index (χ3v) is 9.03. The summed E-state index contributed by atoms with van der Waals surface area (Å²) in [4.78, 5) is 20.8. The van der Waals surface area contributed by atoms with Gasteiger partial charge in [-0.05, 0) is 70.0 Å². The molecule has 2 aromatic rings. The Morgan fingerprint density at radius 1 is 1.24 bits per heavy atom. The largest absolute Gasteiger partial charge is 0.484 e. The molecule has 0 spiro atoms. The van der Waals surface area contributed by atoms with E-state index >= 15 is 0 Å². The van der Waals surface area contributed by atoms with Crippen LogP contribution in [0.25, 0.3) is 0 Å². The molecule has 7 nitrogen and oxygen atoms in total. The summed E-state index contributed by atoms with van der Waals surface area (Å²) < 4.78 is 6.17. The van der Waals surface area contributed by atoms with E-state index in [4.69, 9.17) is 27.9 Å². The van der Waals surface area contributed by atoms with E-state index in [1.165, 1.54) is 12.8 Å². The van der Waals surface area contributed by atoms with E-state index in [1.54, 1.807) is 18.3 Å². The lowest BCUT2D eigenvalue weighted by atomic mass is 9.65. The predicted octanol–water partition coefficient (Wildman–Crippen LogP) is 5.80. The maximum atomic E-state index is 11.5. The molecule has 37 heavy (non-hydrogen) atoms. The summed E-state index contributed by atoms with van der Waals surface area (Å²) in [6.07, 6.45) is 5.10. The van der Waals surface area contributed by atoms with Crippen molar-refractivity contribution in [1.29, 1.82) is 5.26 Å². The lowest BCUT2D eigenvalue weighted by Crippen LogP contribution is -2.58. The first kappa shape index (κ1) is 26.1. The number of likely N-dealkylation sites (tertiary alicyclic amines) is 1. The number of rotatable bonds is 7. The lowest BCUT2D eigenvalue weighted by Gasteiger charge is -2.52. The zero-order chi connectivity index (χ0) is 26.3. The summed E-state index contributed by atoms with van der Waals surface area (Å²) in [5.74, 6) is 1.83. The molecule has 1 aromatic heterocycles. The Labute approximate surface area is 227 Å². The van der Waals surface area contributed by atoms with Crippen molar-refractivity contribution in [3.8, 4) is 11.8 Å². The molecular formula is C28H32Cl2N4O3. The molecule has 1 saturated carbocycles. The molecule has 0 radical (unpaired) electrons. The first-order chi connectivity index (χ1) is 17.7. The molecule has 2 atom stereocenters. The molecule has 1 aliphatic carbocycles. The van der Waals surface area contributed by atoms with E-state index in [0.717, 1.165) is 50.4 Å². The highest BCUT2D eigenvalue weighted by molar-refractivity contribution is 6.35. The van der Waals surface area contributed by atoms with Crippen LogP contribution in [0.2, 0.25) is 10.0 Å². The second-order valence-corrected chi connectivity index (χ2v) is 11.9. The molecule has 196 valence electrons. The van der Waals surface area contributed by atoms with Crippen molar-refractivity contribution in [2.45, 2.75) is 51.7 Å². The number of pyridine rings is 1. The highest BCUT2D eigenvalue weighted by Crippen LogP contribution is 2.45. The molecule has 3 heterocycles. The molecule has 2 aliphatic heterocycles. The number of piperidine rings is 1. The van der Waals surface area contributed by atoms with Crippen LogP contribution in [0, 0.1) is 28.6 Å². The maximum absolute atomic E-state index is 11.5. The van der Waals surface area contributed by atoms with Crippen molar-refractivity contribution in [1.82, 2.24) is 9.88 Å². The number of carbonyl (C=O) groups is 1. The van der Waals surface area contributed by atoms with Gasteiger partial charge in [0.15, 0.2) is 0 Å². The monoisotopic (exact) mass is 542 g/mol. The quantitative estimate of drug-likeness (QED) is 0.472. The summed E-state index contributed by atoms with van der Waals surface area (Å²) in [6.45, 7) is 7.73. The van der Waals surface area contributed by atoms with Gasteiger partial charge >= 0.3 is 5.97 Å². The number of carboxylic acids is 1. The zero-order valence-corrected chi connectivity index (χ0v) is 22.7. The van der Waals surface area contributed by atoms with E-state index in [1.807, 2.05) is 26.0 Å². The fraction of sp³-hybridized carbons (Fsp3) is 0.536. The van der Waals surface area contributed by atoms with Gasteiger partial charge in [0.1, 0.15) is 29.3 Å². The van der Waals surface area contributed by atoms with Crippen molar-refractivity contribution in [2.24, 2.45) is 17.3 Å². The van der Waals surface area contributed by atoms with Gasteiger partial charge in [-0.15, -0.1) is 0 Å². The highest BCUT2D eigenvalue weighted by atomic mass is 35.5. The van der Waals surface area contributed by atoms with Crippen molar-refractivity contribution in [2.75, 3.05) is 31.1 Å². The third kappa shape index (κ3) is 5.25. The molecule has 5 rings (SSSR count). The van der Waals surface area contributed by atoms with Crippen LogP contribution in [0.15, 0.2) is 30.5 Å². The summed E-state index contributed by atoms with van der Waals surface area (Å²) >= 11 is 12.4. The van der Waals surface area contributed by atoms with Crippen LogP contribution in [0.4, 0.5) is 5.82 Å². The number of halogens is 2. The molecule has 2 saturated heterocycles. The molecule has 3 aliphatic rings. The van der Waals surface area contributed by atoms with E-state index in [9.17, 15) is 15.2 Å². The van der Waals surface area contributed by atoms with Gasteiger partial charge in [0.25, 0.3) is 0 Å². The fourth-order valence-corrected chi connectivity index (χ4v) is 6.60. The highest BCUT2D eigenvalue weighted by Gasteiger charge is 2.49. The second-order valence-electron chi connectivity index (χ2n) is 11.1. The van der Waals surface area contributed by atoms with Crippen molar-refractivity contribution >= 4 is 35.0 Å². The van der Waals surface area contributed by atoms with Gasteiger partial charge in [0.2, 0.25) is 0 Å². The second kappa shape index (κ2) is 10.3. The minimum absolute atomic E-state index is 0.362. The number of aromatic nitrogens is 1. The number of nitrogens with zero attached hydrogens (tertiary/aromatic N) is 4. The SMILES string of the molecule is C[C@@H](Oc1cc(N2CC([C@H]3CCCN(C4CC(C)(C(=O)O)C4)C3)C2)ncc1C#N)c1ccc(Cl)cc1Cl. The van der Waals surface area contributed by atoms with E-state index in [-0.39, 0.29) is 6.10 Å². The first-order valence-corrected chi connectivity index (χ1v) is 13.7. The van der Waals surface area contributed by atoms with Gasteiger partial charge in [-0.2, -0.15) is 5.26 Å². The van der Waals surface area contributed by atoms with Gasteiger partial charge in [-0.1, -0.05) is 29.3 Å². The molecule has 0 bridgehead atoms. The molecule has 9 heteroatoms. The van der Waals surface area contributed by atoms with E-state index in [0.29, 0.717) is 39.2 Å². The van der Waals surface area contributed by atoms with Gasteiger partial charge in [0, 0.05) is 47.4 Å². The standard InChI is InChI=1S/C28H32Cl2N4O3/c1-17(23-6-5-21(29)8-24(23)30)37-25-9-26(32-13-19(25)12-31)34-15-20(16-34)18-4-3-7-33(14-18)22-10-28(2,11-22)27(35)36/h5-6,8-9,13,17-18,20,22H,3-4,7,10-11,14-16H2,1-2H3,(H,35,36)/t17-,18+,22?,28?/m1/s1. The van der Waals surface area contributed by atoms with Crippen LogP contribution in [0.1, 0.15) is 56.8 Å². The summed E-state index contributed by atoms with van der Waals surface area (Å²) in [7, 11) is 0. The number of anilines is 1. The number of hydrogen-bond acceptors (Lipinski definition) is 6. The van der Waals surface area contributed by atoms with Gasteiger partial charge in [0.05, 0.1) is 11.6 Å². The normalized spacial score (nSPS) is 27.1. The number of nitriles is 1. The summed E-state index contributed by atoms with van der Waals surface area (Å²) in [5.41, 5.74) is 0.631. The van der Waals surface area contributed by atoms with Crippen LogP contribution in [-0.4, -0.2) is 53.2 Å². The number of ether oxygens (including phenoxy) is 1. The minimum atomic E-state index is -0.670. The van der Waals surface area contributed by atoms with Crippen molar-refractivity contribution < 1.29 is 14.6 Å². The number of benzene rings is 1. The van der Waals surface area contributed by atoms with E-state index < -0.39 is 11.4 Å². The molecule has 0 amide bonds. The van der Waals surface area contributed by atoms with E-state index in [2.05, 4.69) is 20.9 Å². The van der Waals surface area contributed by atoms with Crippen molar-refractivity contribution in [3.63, 3.8) is 0 Å². The fourth-order valence-electron chi connectivity index (χ4n) is 6.03. The van der Waals surface area contributed by atoms with Gasteiger partial charge < -0.3 is 19.6 Å². The number of carboxylic acid groups (broad SMARTS) is 1. The third-order valence-electron chi connectivity index (χ3n) is 8.47. The molecule has 1 N–H and O–H groups in total. The Bertz CT molecular complexity index is 1220. The Morgan fingerprint density at radius 2 is 2.00 bits per heavy atom. The Kier molecular flexibility index (Phi) is 7.28. The van der Waals surface area contributed by atoms with Crippen LogP contribution < -0.4 is 9.64 Å². The number of aliphatic carboxylic acids is 1. The van der Waals surface area contributed by atoms with Gasteiger partial charge in [-0.25, -0.2) is 4.98 Å². The topological polar surface area (TPSA) is 89.7 Å². The van der Waals surface area contributed by atoms with Crippen molar-refractivity contribution in [3.05, 3.63) is 51.6 Å². The minimum Gasteiger partial charge on any atom is -0.484 e. The average Bonchev–Trinajstić information content (AvgIpc) is 2.81. The Balaban J connectivity index is 1.20. The Hall–Kier alpha value is -2.53. The summed E-state index contributed by atoms with van der Waals surface area (Å²) in [6, 6.07) is 9.72.